The van der Waals surface area contributed by atoms with Gasteiger partial charge < -0.3 is 15.4 Å². The Kier molecular flexibility index (Phi) is 2.56. The van der Waals surface area contributed by atoms with E-state index in [0.29, 0.717) is 6.21 Å². The summed E-state index contributed by atoms with van der Waals surface area (Å²) in [6.07, 6.45) is 0.442. The Morgan fingerprint density at radius 1 is 1.36 bits per heavy atom. The normalized spacial score (nSPS) is 11.7. The largest absolute Gasteiger partial charge is 0.480 e. The first kappa shape index (κ1) is 9.41. The van der Waals surface area contributed by atoms with E-state index in [4.69, 9.17) is 15.4 Å². The smallest absolute Gasteiger partial charge is 0.326 e. The summed E-state index contributed by atoms with van der Waals surface area (Å²) in [5.74, 6) is -3.16. The maximum Gasteiger partial charge on any atom is 0.326 e. The molecule has 0 fully saturated rings. The number of hydrogen-bond donors (Lipinski definition) is 3. The van der Waals surface area contributed by atoms with Crippen molar-refractivity contribution in [2.75, 3.05) is 0 Å². The monoisotopic (exact) mass is 161 g/mol. The molecular formula is C5H7NO5. The molecule has 0 radical (unpaired) electrons. The van der Waals surface area contributed by atoms with Gasteiger partial charge in [-0.05, 0) is 6.92 Å². The van der Waals surface area contributed by atoms with E-state index in [0.717, 1.165) is 6.92 Å². The van der Waals surface area contributed by atoms with E-state index in [1.807, 2.05) is 0 Å². The molecule has 62 valence electrons. The average Bonchev–Trinajstić information content (AvgIpc) is 1.87. The molecule has 0 aliphatic carbocycles. The SMILES string of the molecule is CC(C=NO)(C(=O)O)C(=O)O. The van der Waals surface area contributed by atoms with Gasteiger partial charge in [0.2, 0.25) is 0 Å². The highest BCUT2D eigenvalue weighted by atomic mass is 16.4. The molecule has 6 nitrogen and oxygen atoms in total. The van der Waals surface area contributed by atoms with Crippen molar-refractivity contribution in [2.24, 2.45) is 10.6 Å². The molecule has 6 heteroatoms. The number of aliphatic carboxylic acids is 2. The van der Waals surface area contributed by atoms with E-state index < -0.39 is 17.4 Å². The van der Waals surface area contributed by atoms with Gasteiger partial charge in [-0.3, -0.25) is 9.59 Å². The molecule has 0 spiro atoms. The first-order chi connectivity index (χ1) is 4.95. The number of carboxylic acid groups (broad SMARTS) is 2. The quantitative estimate of drug-likeness (QED) is 0.226. The number of carbonyl (C=O) groups is 2. The Morgan fingerprint density at radius 2 is 1.73 bits per heavy atom. The average molecular weight is 161 g/mol. The van der Waals surface area contributed by atoms with Gasteiger partial charge >= 0.3 is 11.9 Å². The van der Waals surface area contributed by atoms with Crippen LogP contribution >= 0.6 is 0 Å². The first-order valence-corrected chi connectivity index (χ1v) is 2.60. The lowest BCUT2D eigenvalue weighted by Gasteiger charge is -2.11. The van der Waals surface area contributed by atoms with Gasteiger partial charge in [0, 0.05) is 0 Å². The van der Waals surface area contributed by atoms with Gasteiger partial charge in [0.25, 0.3) is 0 Å². The topological polar surface area (TPSA) is 107 Å². The second-order valence-electron chi connectivity index (χ2n) is 2.06. The molecule has 0 saturated heterocycles. The third-order valence-electron chi connectivity index (χ3n) is 1.20. The zero-order valence-corrected chi connectivity index (χ0v) is 5.68. The summed E-state index contributed by atoms with van der Waals surface area (Å²) in [7, 11) is 0. The van der Waals surface area contributed by atoms with Crippen LogP contribution in [0.2, 0.25) is 0 Å². The Hall–Kier alpha value is -1.59. The fourth-order valence-corrected chi connectivity index (χ4v) is 0.317. The number of hydrogen-bond acceptors (Lipinski definition) is 4. The van der Waals surface area contributed by atoms with Crippen LogP contribution in [0, 0.1) is 5.41 Å². The molecule has 0 heterocycles. The fourth-order valence-electron chi connectivity index (χ4n) is 0.317. The van der Waals surface area contributed by atoms with Crippen LogP contribution in [0.4, 0.5) is 0 Å². The minimum absolute atomic E-state index is 0.442. The molecule has 0 atom stereocenters. The van der Waals surface area contributed by atoms with E-state index in [2.05, 4.69) is 5.16 Å². The molecular weight excluding hydrogens is 154 g/mol. The van der Waals surface area contributed by atoms with E-state index in [-0.39, 0.29) is 0 Å². The van der Waals surface area contributed by atoms with Crippen molar-refractivity contribution in [3.63, 3.8) is 0 Å². The molecule has 3 N–H and O–H groups in total. The predicted molar refractivity (Wildman–Crippen MR) is 33.7 cm³/mol. The van der Waals surface area contributed by atoms with E-state index in [9.17, 15) is 9.59 Å². The third kappa shape index (κ3) is 1.66. The van der Waals surface area contributed by atoms with Crippen LogP contribution in [0.25, 0.3) is 0 Å². The van der Waals surface area contributed by atoms with E-state index >= 15 is 0 Å². The molecule has 0 aromatic carbocycles. The second-order valence-corrected chi connectivity index (χ2v) is 2.06. The maximum atomic E-state index is 10.3. The third-order valence-corrected chi connectivity index (χ3v) is 1.20. The summed E-state index contributed by atoms with van der Waals surface area (Å²) >= 11 is 0. The van der Waals surface area contributed by atoms with Crippen molar-refractivity contribution in [3.05, 3.63) is 0 Å². The lowest BCUT2D eigenvalue weighted by Crippen LogP contribution is -2.37. The van der Waals surface area contributed by atoms with E-state index in [1.54, 1.807) is 0 Å². The first-order valence-electron chi connectivity index (χ1n) is 2.60. The Morgan fingerprint density at radius 3 is 1.82 bits per heavy atom. The summed E-state index contributed by atoms with van der Waals surface area (Å²) < 4.78 is 0. The van der Waals surface area contributed by atoms with Crippen molar-refractivity contribution in [3.8, 4) is 0 Å². The highest BCUT2D eigenvalue weighted by molar-refractivity contribution is 6.12. The number of oxime groups is 1. The van der Waals surface area contributed by atoms with Crippen molar-refractivity contribution in [1.82, 2.24) is 0 Å². The van der Waals surface area contributed by atoms with Gasteiger partial charge in [-0.15, -0.1) is 5.16 Å². The number of nitrogens with zero attached hydrogens (tertiary/aromatic N) is 1. The zero-order chi connectivity index (χ0) is 9.07. The van der Waals surface area contributed by atoms with Crippen LogP contribution in [0.1, 0.15) is 6.92 Å². The van der Waals surface area contributed by atoms with Crippen molar-refractivity contribution < 1.29 is 25.0 Å². The number of carboxylic acids is 2. The molecule has 0 aliphatic heterocycles. The molecule has 0 bridgehead atoms. The summed E-state index contributed by atoms with van der Waals surface area (Å²) in [5.41, 5.74) is -2.16. The Labute approximate surface area is 61.8 Å². The molecule has 0 saturated carbocycles. The molecule has 0 aromatic heterocycles. The van der Waals surface area contributed by atoms with Gasteiger partial charge in [-0.2, -0.15) is 0 Å². The van der Waals surface area contributed by atoms with Gasteiger partial charge in [-0.1, -0.05) is 0 Å². The van der Waals surface area contributed by atoms with Crippen molar-refractivity contribution in [1.29, 1.82) is 0 Å². The minimum atomic E-state index is -2.16. The summed E-state index contributed by atoms with van der Waals surface area (Å²) in [6.45, 7) is 0.914. The van der Waals surface area contributed by atoms with Crippen LogP contribution < -0.4 is 0 Å². The minimum Gasteiger partial charge on any atom is -0.480 e. The van der Waals surface area contributed by atoms with Crippen LogP contribution in [0.15, 0.2) is 5.16 Å². The molecule has 0 rings (SSSR count). The summed E-state index contributed by atoms with van der Waals surface area (Å²) in [6, 6.07) is 0. The van der Waals surface area contributed by atoms with Gasteiger partial charge in [0.15, 0.2) is 5.41 Å². The van der Waals surface area contributed by atoms with Gasteiger partial charge in [0.1, 0.15) is 0 Å². The second kappa shape index (κ2) is 3.00. The van der Waals surface area contributed by atoms with Crippen LogP contribution in [-0.2, 0) is 9.59 Å². The zero-order valence-electron chi connectivity index (χ0n) is 5.68. The van der Waals surface area contributed by atoms with Crippen molar-refractivity contribution >= 4 is 18.2 Å². The standard InChI is InChI=1S/C5H7NO5/c1-5(2-6-11,3(7)8)4(9)10/h2,11H,1H3,(H,7,8)(H,9,10). The molecule has 0 aliphatic rings. The molecule has 0 amide bonds. The van der Waals surface area contributed by atoms with Crippen LogP contribution in [0.3, 0.4) is 0 Å². The van der Waals surface area contributed by atoms with Gasteiger partial charge in [-0.25, -0.2) is 0 Å². The summed E-state index contributed by atoms with van der Waals surface area (Å²) in [5, 5.41) is 27.0. The lowest BCUT2D eigenvalue weighted by atomic mass is 9.93. The summed E-state index contributed by atoms with van der Waals surface area (Å²) in [4.78, 5) is 20.5. The maximum absolute atomic E-state index is 10.3. The van der Waals surface area contributed by atoms with Gasteiger partial charge in [0.05, 0.1) is 6.21 Å². The fraction of sp³-hybridized carbons (Fsp3) is 0.400. The van der Waals surface area contributed by atoms with Crippen LogP contribution in [-0.4, -0.2) is 33.6 Å². The number of rotatable bonds is 3. The Bertz CT molecular complexity index is 195. The van der Waals surface area contributed by atoms with Crippen LogP contribution in [0.5, 0.6) is 0 Å². The lowest BCUT2D eigenvalue weighted by molar-refractivity contribution is -0.157. The Balaban J connectivity index is 4.82. The molecule has 0 unspecified atom stereocenters. The molecule has 0 aromatic rings. The van der Waals surface area contributed by atoms with Crippen molar-refractivity contribution in [2.45, 2.75) is 6.92 Å². The predicted octanol–water partition coefficient (Wildman–Crippen LogP) is -0.378. The highest BCUT2D eigenvalue weighted by Gasteiger charge is 2.40. The van der Waals surface area contributed by atoms with E-state index in [1.165, 1.54) is 0 Å². The highest BCUT2D eigenvalue weighted by Crippen LogP contribution is 2.13. The molecule has 11 heavy (non-hydrogen) atoms.